The molecule has 0 bridgehead atoms. The summed E-state index contributed by atoms with van der Waals surface area (Å²) in [4.78, 5) is 8.91. The topological polar surface area (TPSA) is 80.3 Å². The van der Waals surface area contributed by atoms with Crippen molar-refractivity contribution in [2.24, 2.45) is 7.05 Å². The Hall–Kier alpha value is -2.78. The van der Waals surface area contributed by atoms with Crippen LogP contribution in [0.4, 0.5) is 0 Å². The van der Waals surface area contributed by atoms with Crippen molar-refractivity contribution in [3.63, 3.8) is 0 Å². The highest BCUT2D eigenvalue weighted by molar-refractivity contribution is 6.29. The summed E-state index contributed by atoms with van der Waals surface area (Å²) in [7, 11) is 1.85. The standard InChI is InChI=1S/C17H13ClN6/c1-24-9-21-23-17(24)13-4-10(7-19)8-20-16(13)12-5-14(11-2-3-11)22-15(18)6-12/h4-6,8-9,11H,2-3H2,1H3. The average Bonchev–Trinajstić information content (AvgIpc) is 3.35. The Kier molecular flexibility index (Phi) is 3.51. The number of aromatic nitrogens is 5. The molecule has 1 aliphatic rings. The molecule has 0 aliphatic heterocycles. The van der Waals surface area contributed by atoms with Gasteiger partial charge in [-0.25, -0.2) is 4.98 Å². The summed E-state index contributed by atoms with van der Waals surface area (Å²) in [5, 5.41) is 17.7. The summed E-state index contributed by atoms with van der Waals surface area (Å²) < 4.78 is 1.80. The highest BCUT2D eigenvalue weighted by Gasteiger charge is 2.26. The van der Waals surface area contributed by atoms with Gasteiger partial charge in [-0.05, 0) is 31.0 Å². The lowest BCUT2D eigenvalue weighted by atomic mass is 10.0. The molecule has 3 aromatic heterocycles. The third kappa shape index (κ3) is 2.63. The van der Waals surface area contributed by atoms with Crippen molar-refractivity contribution in [1.82, 2.24) is 24.7 Å². The normalized spacial score (nSPS) is 13.7. The SMILES string of the molecule is Cn1cnnc1-c1cc(C#N)cnc1-c1cc(Cl)nc(C2CC2)c1. The lowest BCUT2D eigenvalue weighted by Gasteiger charge is -2.10. The van der Waals surface area contributed by atoms with Gasteiger partial charge in [-0.1, -0.05) is 11.6 Å². The molecule has 0 unspecified atom stereocenters. The van der Waals surface area contributed by atoms with E-state index < -0.39 is 0 Å². The molecule has 0 N–H and O–H groups in total. The number of rotatable bonds is 3. The number of hydrogen-bond acceptors (Lipinski definition) is 5. The average molecular weight is 337 g/mol. The van der Waals surface area contributed by atoms with Crippen molar-refractivity contribution in [2.75, 3.05) is 0 Å². The molecule has 0 atom stereocenters. The fourth-order valence-electron chi connectivity index (χ4n) is 2.70. The van der Waals surface area contributed by atoms with Crippen LogP contribution >= 0.6 is 11.6 Å². The quantitative estimate of drug-likeness (QED) is 0.685. The first-order valence-electron chi connectivity index (χ1n) is 7.58. The second-order valence-electron chi connectivity index (χ2n) is 5.88. The fourth-order valence-corrected chi connectivity index (χ4v) is 2.91. The lowest BCUT2D eigenvalue weighted by molar-refractivity contribution is 0.919. The van der Waals surface area contributed by atoms with Gasteiger partial charge < -0.3 is 4.57 Å². The van der Waals surface area contributed by atoms with E-state index in [4.69, 9.17) is 11.6 Å². The summed E-state index contributed by atoms with van der Waals surface area (Å²) in [6.07, 6.45) is 5.46. The zero-order chi connectivity index (χ0) is 16.7. The molecule has 7 heteroatoms. The zero-order valence-corrected chi connectivity index (χ0v) is 13.7. The minimum Gasteiger partial charge on any atom is -0.317 e. The van der Waals surface area contributed by atoms with Gasteiger partial charge in [0.15, 0.2) is 5.82 Å². The van der Waals surface area contributed by atoms with E-state index in [0.717, 1.165) is 35.4 Å². The number of hydrogen-bond donors (Lipinski definition) is 0. The van der Waals surface area contributed by atoms with Crippen molar-refractivity contribution in [3.8, 4) is 28.7 Å². The van der Waals surface area contributed by atoms with E-state index >= 15 is 0 Å². The molecule has 1 aliphatic carbocycles. The molecular weight excluding hydrogens is 324 g/mol. The van der Waals surface area contributed by atoms with Gasteiger partial charge in [-0.3, -0.25) is 4.98 Å². The molecule has 118 valence electrons. The molecule has 1 fully saturated rings. The summed E-state index contributed by atoms with van der Waals surface area (Å²) >= 11 is 6.21. The predicted octanol–water partition coefficient (Wildman–Crippen LogP) is 3.34. The van der Waals surface area contributed by atoms with Gasteiger partial charge in [-0.15, -0.1) is 10.2 Å². The fraction of sp³-hybridized carbons (Fsp3) is 0.235. The van der Waals surface area contributed by atoms with Crippen LogP contribution in [0.5, 0.6) is 0 Å². The monoisotopic (exact) mass is 336 g/mol. The maximum absolute atomic E-state index is 9.20. The summed E-state index contributed by atoms with van der Waals surface area (Å²) in [5.74, 6) is 1.13. The Bertz CT molecular complexity index is 967. The lowest BCUT2D eigenvalue weighted by Crippen LogP contribution is -1.98. The molecule has 0 aromatic carbocycles. The van der Waals surface area contributed by atoms with Crippen molar-refractivity contribution >= 4 is 11.6 Å². The van der Waals surface area contributed by atoms with Gasteiger partial charge in [0.2, 0.25) is 0 Å². The largest absolute Gasteiger partial charge is 0.317 e. The molecular formula is C17H13ClN6. The highest BCUT2D eigenvalue weighted by atomic mass is 35.5. The van der Waals surface area contributed by atoms with Gasteiger partial charge in [0.25, 0.3) is 0 Å². The van der Waals surface area contributed by atoms with E-state index in [9.17, 15) is 5.26 Å². The van der Waals surface area contributed by atoms with Crippen molar-refractivity contribution < 1.29 is 0 Å². The molecule has 6 nitrogen and oxygen atoms in total. The van der Waals surface area contributed by atoms with Crippen LogP contribution in [-0.2, 0) is 7.05 Å². The number of aryl methyl sites for hydroxylation is 1. The third-order valence-electron chi connectivity index (χ3n) is 4.05. The van der Waals surface area contributed by atoms with Gasteiger partial charge >= 0.3 is 0 Å². The third-order valence-corrected chi connectivity index (χ3v) is 4.25. The molecule has 3 aromatic rings. The summed E-state index contributed by atoms with van der Waals surface area (Å²) in [6, 6.07) is 7.71. The summed E-state index contributed by atoms with van der Waals surface area (Å²) in [6.45, 7) is 0. The molecule has 4 rings (SSSR count). The maximum Gasteiger partial charge on any atom is 0.165 e. The van der Waals surface area contributed by atoms with Crippen LogP contribution in [0.25, 0.3) is 22.6 Å². The van der Waals surface area contributed by atoms with E-state index in [-0.39, 0.29) is 0 Å². The number of pyridine rings is 2. The summed E-state index contributed by atoms with van der Waals surface area (Å²) in [5.41, 5.74) is 3.81. The van der Waals surface area contributed by atoms with Gasteiger partial charge in [-0.2, -0.15) is 5.26 Å². The Morgan fingerprint density at radius 3 is 2.79 bits per heavy atom. The maximum atomic E-state index is 9.20. The molecule has 1 saturated carbocycles. The van der Waals surface area contributed by atoms with E-state index in [1.807, 2.05) is 13.1 Å². The van der Waals surface area contributed by atoms with Crippen molar-refractivity contribution in [3.05, 3.63) is 47.1 Å². The van der Waals surface area contributed by atoms with Crippen molar-refractivity contribution in [1.29, 1.82) is 5.26 Å². The van der Waals surface area contributed by atoms with Gasteiger partial charge in [0.1, 0.15) is 17.5 Å². The zero-order valence-electron chi connectivity index (χ0n) is 12.9. The van der Waals surface area contributed by atoms with E-state index in [2.05, 4.69) is 26.2 Å². The molecule has 0 radical (unpaired) electrons. The Morgan fingerprint density at radius 1 is 1.29 bits per heavy atom. The van der Waals surface area contributed by atoms with Crippen molar-refractivity contribution in [2.45, 2.75) is 18.8 Å². The van der Waals surface area contributed by atoms with E-state index in [1.54, 1.807) is 29.2 Å². The van der Waals surface area contributed by atoms with Crippen LogP contribution in [0.15, 0.2) is 30.7 Å². The second kappa shape index (κ2) is 5.69. The predicted molar refractivity (Wildman–Crippen MR) is 89.2 cm³/mol. The minimum absolute atomic E-state index is 0.449. The van der Waals surface area contributed by atoms with Crippen LogP contribution in [0.3, 0.4) is 0 Å². The number of halogens is 1. The van der Waals surface area contributed by atoms with E-state index in [1.165, 1.54) is 0 Å². The molecule has 0 spiro atoms. The Morgan fingerprint density at radius 2 is 2.12 bits per heavy atom. The molecule has 3 heterocycles. The first-order valence-corrected chi connectivity index (χ1v) is 7.96. The minimum atomic E-state index is 0.449. The van der Waals surface area contributed by atoms with Gasteiger partial charge in [0, 0.05) is 36.0 Å². The Balaban J connectivity index is 1.92. The van der Waals surface area contributed by atoms with Crippen LogP contribution in [-0.4, -0.2) is 24.7 Å². The molecule has 24 heavy (non-hydrogen) atoms. The second-order valence-corrected chi connectivity index (χ2v) is 6.26. The van der Waals surface area contributed by atoms with Crippen LogP contribution < -0.4 is 0 Å². The van der Waals surface area contributed by atoms with Crippen LogP contribution in [0.1, 0.15) is 30.0 Å². The number of nitrogens with zero attached hydrogens (tertiary/aromatic N) is 6. The first kappa shape index (κ1) is 14.8. The molecule has 0 amide bonds. The highest BCUT2D eigenvalue weighted by Crippen LogP contribution is 2.41. The Labute approximate surface area is 143 Å². The molecule has 0 saturated heterocycles. The number of nitriles is 1. The van der Waals surface area contributed by atoms with Gasteiger partial charge in [0.05, 0.1) is 11.3 Å². The first-order chi connectivity index (χ1) is 11.7. The smallest absolute Gasteiger partial charge is 0.165 e. The van der Waals surface area contributed by atoms with Crippen LogP contribution in [0, 0.1) is 11.3 Å². The van der Waals surface area contributed by atoms with E-state index in [0.29, 0.717) is 22.5 Å². The van der Waals surface area contributed by atoms with Crippen LogP contribution in [0.2, 0.25) is 5.15 Å².